The molecular formula is C14H17N5O2. The maximum atomic E-state index is 6.09. The maximum absolute atomic E-state index is 6.09. The summed E-state index contributed by atoms with van der Waals surface area (Å²) in [5, 5.41) is 6.34. The van der Waals surface area contributed by atoms with Gasteiger partial charge >= 0.3 is 0 Å². The normalized spacial score (nSPS) is 12.5. The van der Waals surface area contributed by atoms with E-state index in [1.165, 1.54) is 6.33 Å². The monoisotopic (exact) mass is 287 g/mol. The Hall–Kier alpha value is -2.70. The number of nitrogens with zero attached hydrogens (tertiary/aromatic N) is 2. The van der Waals surface area contributed by atoms with E-state index in [1.54, 1.807) is 0 Å². The van der Waals surface area contributed by atoms with Crippen molar-refractivity contribution in [2.75, 3.05) is 23.2 Å². The number of nitrogens with one attached hydrogen (secondary N) is 2. The minimum atomic E-state index is 0.237. The van der Waals surface area contributed by atoms with Crippen molar-refractivity contribution in [3.63, 3.8) is 0 Å². The van der Waals surface area contributed by atoms with Crippen LogP contribution < -0.4 is 25.8 Å². The fraction of sp³-hybridized carbons (Fsp3) is 0.286. The lowest BCUT2D eigenvalue weighted by Gasteiger charge is -2.14. The van der Waals surface area contributed by atoms with Gasteiger partial charge in [0.25, 0.3) is 0 Å². The molecule has 0 bridgehead atoms. The fourth-order valence-electron chi connectivity index (χ4n) is 1.99. The summed E-state index contributed by atoms with van der Waals surface area (Å²) >= 11 is 0. The number of hydrogen-bond donors (Lipinski definition) is 3. The van der Waals surface area contributed by atoms with Gasteiger partial charge in [-0.2, -0.15) is 0 Å². The molecular weight excluding hydrogens is 270 g/mol. The van der Waals surface area contributed by atoms with Crippen molar-refractivity contribution in [1.82, 2.24) is 9.97 Å². The molecule has 1 aromatic heterocycles. The molecule has 7 heteroatoms. The SMILES string of the molecule is CC(C)Nc1ncnc(Nc2ccc3c(c2)OCO3)c1N. The van der Waals surface area contributed by atoms with Gasteiger partial charge in [0.05, 0.1) is 0 Å². The van der Waals surface area contributed by atoms with Gasteiger partial charge in [-0.1, -0.05) is 0 Å². The summed E-state index contributed by atoms with van der Waals surface area (Å²) in [7, 11) is 0. The number of rotatable bonds is 4. The van der Waals surface area contributed by atoms with Crippen molar-refractivity contribution < 1.29 is 9.47 Å². The molecule has 0 aliphatic carbocycles. The van der Waals surface area contributed by atoms with Gasteiger partial charge in [0.2, 0.25) is 6.79 Å². The Balaban J connectivity index is 1.84. The lowest BCUT2D eigenvalue weighted by Crippen LogP contribution is -2.14. The van der Waals surface area contributed by atoms with Crippen LogP contribution in [0.15, 0.2) is 24.5 Å². The molecule has 0 radical (unpaired) electrons. The Kier molecular flexibility index (Phi) is 3.39. The Morgan fingerprint density at radius 3 is 2.71 bits per heavy atom. The summed E-state index contributed by atoms with van der Waals surface area (Å²) in [5.74, 6) is 2.60. The molecule has 1 aliphatic rings. The van der Waals surface area contributed by atoms with Gasteiger partial charge in [-0.15, -0.1) is 0 Å². The summed E-state index contributed by atoms with van der Waals surface area (Å²) in [6, 6.07) is 5.81. The Labute approximate surface area is 122 Å². The predicted molar refractivity (Wildman–Crippen MR) is 81.1 cm³/mol. The number of benzene rings is 1. The average molecular weight is 287 g/mol. The third kappa shape index (κ3) is 2.76. The first-order valence-electron chi connectivity index (χ1n) is 6.67. The molecule has 0 unspecified atom stereocenters. The van der Waals surface area contributed by atoms with E-state index in [0.717, 1.165) is 11.4 Å². The number of nitrogen functional groups attached to an aromatic ring is 1. The molecule has 2 aromatic rings. The van der Waals surface area contributed by atoms with E-state index in [-0.39, 0.29) is 12.8 Å². The van der Waals surface area contributed by atoms with Crippen molar-refractivity contribution in [2.45, 2.75) is 19.9 Å². The molecule has 0 amide bonds. The van der Waals surface area contributed by atoms with E-state index in [9.17, 15) is 0 Å². The van der Waals surface area contributed by atoms with E-state index >= 15 is 0 Å². The smallest absolute Gasteiger partial charge is 0.231 e. The molecule has 0 spiro atoms. The molecule has 4 N–H and O–H groups in total. The molecule has 21 heavy (non-hydrogen) atoms. The first-order chi connectivity index (χ1) is 10.1. The summed E-state index contributed by atoms with van der Waals surface area (Å²) in [4.78, 5) is 8.32. The van der Waals surface area contributed by atoms with E-state index in [0.29, 0.717) is 23.1 Å². The molecule has 0 atom stereocenters. The average Bonchev–Trinajstić information content (AvgIpc) is 2.90. The third-order valence-electron chi connectivity index (χ3n) is 2.94. The molecule has 3 rings (SSSR count). The van der Waals surface area contributed by atoms with Crippen LogP contribution in [0.5, 0.6) is 11.5 Å². The van der Waals surface area contributed by atoms with Gasteiger partial charge in [0, 0.05) is 17.8 Å². The van der Waals surface area contributed by atoms with Gasteiger partial charge in [-0.25, -0.2) is 9.97 Å². The van der Waals surface area contributed by atoms with Gasteiger partial charge in [-0.3, -0.25) is 0 Å². The van der Waals surface area contributed by atoms with Crippen LogP contribution in [0.3, 0.4) is 0 Å². The summed E-state index contributed by atoms with van der Waals surface area (Å²) in [6.07, 6.45) is 1.47. The number of fused-ring (bicyclic) bond motifs is 1. The van der Waals surface area contributed by atoms with Crippen LogP contribution in [0.4, 0.5) is 23.0 Å². The van der Waals surface area contributed by atoms with Crippen molar-refractivity contribution in [2.24, 2.45) is 0 Å². The van der Waals surface area contributed by atoms with Crippen molar-refractivity contribution in [3.8, 4) is 11.5 Å². The summed E-state index contributed by atoms with van der Waals surface area (Å²) in [6.45, 7) is 4.29. The van der Waals surface area contributed by atoms with Crippen molar-refractivity contribution in [3.05, 3.63) is 24.5 Å². The molecule has 0 saturated heterocycles. The quantitative estimate of drug-likeness (QED) is 0.794. The van der Waals surface area contributed by atoms with E-state index in [1.807, 2.05) is 32.0 Å². The van der Waals surface area contributed by atoms with Crippen molar-refractivity contribution >= 4 is 23.0 Å². The molecule has 2 heterocycles. The molecule has 7 nitrogen and oxygen atoms in total. The fourth-order valence-corrected chi connectivity index (χ4v) is 1.99. The number of hydrogen-bond acceptors (Lipinski definition) is 7. The molecule has 1 aliphatic heterocycles. The highest BCUT2D eigenvalue weighted by molar-refractivity contribution is 5.78. The zero-order valence-corrected chi connectivity index (χ0v) is 11.9. The van der Waals surface area contributed by atoms with E-state index in [2.05, 4.69) is 20.6 Å². The summed E-state index contributed by atoms with van der Waals surface area (Å²) < 4.78 is 10.6. The number of aromatic nitrogens is 2. The Morgan fingerprint density at radius 1 is 1.14 bits per heavy atom. The first-order valence-corrected chi connectivity index (χ1v) is 6.67. The third-order valence-corrected chi connectivity index (χ3v) is 2.94. The summed E-state index contributed by atoms with van der Waals surface area (Å²) in [5.41, 5.74) is 7.38. The highest BCUT2D eigenvalue weighted by Crippen LogP contribution is 2.35. The van der Waals surface area contributed by atoms with Crippen LogP contribution in [0.2, 0.25) is 0 Å². The second-order valence-corrected chi connectivity index (χ2v) is 4.98. The Morgan fingerprint density at radius 2 is 1.90 bits per heavy atom. The standard InChI is InChI=1S/C14H17N5O2/c1-8(2)18-13-12(15)14(17-6-16-13)19-9-3-4-10-11(5-9)21-7-20-10/h3-6,8H,7,15H2,1-2H3,(H2,16,17,18,19). The van der Waals surface area contributed by atoms with Crippen LogP contribution >= 0.6 is 0 Å². The highest BCUT2D eigenvalue weighted by Gasteiger charge is 2.14. The lowest BCUT2D eigenvalue weighted by atomic mass is 10.2. The molecule has 1 aromatic carbocycles. The molecule has 110 valence electrons. The maximum Gasteiger partial charge on any atom is 0.231 e. The largest absolute Gasteiger partial charge is 0.454 e. The van der Waals surface area contributed by atoms with Crippen LogP contribution in [0.25, 0.3) is 0 Å². The van der Waals surface area contributed by atoms with Crippen LogP contribution in [-0.2, 0) is 0 Å². The predicted octanol–water partition coefficient (Wildman–Crippen LogP) is 2.35. The first kappa shape index (κ1) is 13.3. The van der Waals surface area contributed by atoms with Crippen LogP contribution in [-0.4, -0.2) is 22.8 Å². The lowest BCUT2D eigenvalue weighted by molar-refractivity contribution is 0.174. The highest BCUT2D eigenvalue weighted by atomic mass is 16.7. The number of ether oxygens (including phenoxy) is 2. The Bertz CT molecular complexity index is 660. The molecule has 0 fully saturated rings. The zero-order chi connectivity index (χ0) is 14.8. The van der Waals surface area contributed by atoms with Gasteiger partial charge in [0.15, 0.2) is 23.1 Å². The van der Waals surface area contributed by atoms with E-state index < -0.39 is 0 Å². The zero-order valence-electron chi connectivity index (χ0n) is 11.9. The minimum Gasteiger partial charge on any atom is -0.454 e. The van der Waals surface area contributed by atoms with Gasteiger partial charge < -0.3 is 25.8 Å². The minimum absolute atomic E-state index is 0.237. The second-order valence-electron chi connectivity index (χ2n) is 4.98. The van der Waals surface area contributed by atoms with Gasteiger partial charge in [0.1, 0.15) is 12.0 Å². The van der Waals surface area contributed by atoms with E-state index in [4.69, 9.17) is 15.2 Å². The second kappa shape index (κ2) is 5.35. The van der Waals surface area contributed by atoms with Gasteiger partial charge in [-0.05, 0) is 26.0 Å². The topological polar surface area (TPSA) is 94.3 Å². The van der Waals surface area contributed by atoms with Crippen LogP contribution in [0, 0.1) is 0 Å². The number of anilines is 4. The molecule has 0 saturated carbocycles. The van der Waals surface area contributed by atoms with Crippen molar-refractivity contribution in [1.29, 1.82) is 0 Å². The van der Waals surface area contributed by atoms with Crippen LogP contribution in [0.1, 0.15) is 13.8 Å². The number of nitrogens with two attached hydrogens (primary N) is 1.